The van der Waals surface area contributed by atoms with E-state index in [1.165, 1.54) is 0 Å². The van der Waals surface area contributed by atoms with E-state index in [9.17, 15) is 14.4 Å². The van der Waals surface area contributed by atoms with E-state index in [2.05, 4.69) is 5.32 Å². The van der Waals surface area contributed by atoms with Gasteiger partial charge in [-0.2, -0.15) is 0 Å². The number of hydrogen-bond donors (Lipinski definition) is 1. The maximum Gasteiger partial charge on any atom is 0.296 e. The molecular weight excluding hydrogens is 378 g/mol. The average Bonchev–Trinajstić information content (AvgIpc) is 3.09. The molecule has 6 heteroatoms. The van der Waals surface area contributed by atoms with Gasteiger partial charge in [0.2, 0.25) is 5.91 Å². The number of benzene rings is 2. The molecule has 1 N–H and O–H groups in total. The van der Waals surface area contributed by atoms with Crippen molar-refractivity contribution in [3.05, 3.63) is 65.4 Å². The molecule has 156 valence electrons. The molecular formula is C24H27N3O3. The number of aromatic nitrogens is 1. The van der Waals surface area contributed by atoms with Gasteiger partial charge in [-0.25, -0.2) is 0 Å². The van der Waals surface area contributed by atoms with Crippen LogP contribution in [0.25, 0.3) is 10.9 Å². The number of ketones is 1. The highest BCUT2D eigenvalue weighted by Gasteiger charge is 2.23. The number of rotatable bonds is 7. The Morgan fingerprint density at radius 3 is 2.37 bits per heavy atom. The Morgan fingerprint density at radius 2 is 1.70 bits per heavy atom. The van der Waals surface area contributed by atoms with Crippen LogP contribution in [-0.4, -0.2) is 40.2 Å². The summed E-state index contributed by atoms with van der Waals surface area (Å²) >= 11 is 0. The Bertz CT molecular complexity index is 1110. The predicted octanol–water partition coefficient (Wildman–Crippen LogP) is 3.95. The number of carbonyl (C=O) groups excluding carboxylic acids is 3. The zero-order valence-electron chi connectivity index (χ0n) is 17.9. The number of Topliss-reactive ketones (excluding diaryl/α,β-unsaturated/α-hetero) is 1. The quantitative estimate of drug-likeness (QED) is 0.478. The minimum absolute atomic E-state index is 0.0283. The molecule has 6 nitrogen and oxygen atoms in total. The Hall–Kier alpha value is -3.41. The predicted molar refractivity (Wildman–Crippen MR) is 119 cm³/mol. The van der Waals surface area contributed by atoms with Gasteiger partial charge in [0.1, 0.15) is 6.54 Å². The third kappa shape index (κ3) is 4.27. The molecule has 0 bridgehead atoms. The van der Waals surface area contributed by atoms with E-state index in [4.69, 9.17) is 0 Å². The number of likely N-dealkylation sites (N-methyl/N-ethyl adjacent to an activating group) is 1. The van der Waals surface area contributed by atoms with E-state index in [-0.39, 0.29) is 12.5 Å². The van der Waals surface area contributed by atoms with Crippen molar-refractivity contribution in [2.45, 2.75) is 34.2 Å². The summed E-state index contributed by atoms with van der Waals surface area (Å²) in [6.45, 7) is 9.09. The summed E-state index contributed by atoms with van der Waals surface area (Å²) in [4.78, 5) is 40.0. The molecule has 0 fully saturated rings. The van der Waals surface area contributed by atoms with E-state index in [1.54, 1.807) is 27.8 Å². The third-order valence-electron chi connectivity index (χ3n) is 5.29. The molecule has 1 heterocycles. The van der Waals surface area contributed by atoms with Gasteiger partial charge in [-0.1, -0.05) is 35.9 Å². The molecule has 0 saturated heterocycles. The van der Waals surface area contributed by atoms with E-state index in [0.29, 0.717) is 29.7 Å². The molecule has 30 heavy (non-hydrogen) atoms. The van der Waals surface area contributed by atoms with Gasteiger partial charge in [0.25, 0.3) is 11.7 Å². The topological polar surface area (TPSA) is 71.4 Å². The van der Waals surface area contributed by atoms with E-state index in [1.807, 2.05) is 58.0 Å². The van der Waals surface area contributed by atoms with Gasteiger partial charge in [0.15, 0.2) is 0 Å². The molecule has 2 amide bonds. The standard InChI is InChI=1S/C24H27N3O3/c1-5-26(6-2)22(28)15-27-14-19(18-9-7-8-10-21(18)27)23(29)24(30)25-20-12-11-16(3)13-17(20)4/h7-14H,5-6,15H2,1-4H3,(H,25,30). The largest absolute Gasteiger partial charge is 0.342 e. The van der Waals surface area contributed by atoms with Crippen LogP contribution < -0.4 is 5.32 Å². The summed E-state index contributed by atoms with van der Waals surface area (Å²) in [7, 11) is 0. The average molecular weight is 405 g/mol. The first-order valence-corrected chi connectivity index (χ1v) is 10.1. The van der Waals surface area contributed by atoms with Gasteiger partial charge in [-0.05, 0) is 45.4 Å². The fourth-order valence-corrected chi connectivity index (χ4v) is 3.64. The zero-order chi connectivity index (χ0) is 21.8. The monoisotopic (exact) mass is 405 g/mol. The van der Waals surface area contributed by atoms with Crippen molar-refractivity contribution < 1.29 is 14.4 Å². The number of para-hydroxylation sites is 1. The highest BCUT2D eigenvalue weighted by Crippen LogP contribution is 2.23. The van der Waals surface area contributed by atoms with Crippen LogP contribution in [0.2, 0.25) is 0 Å². The zero-order valence-corrected chi connectivity index (χ0v) is 17.9. The molecule has 0 aliphatic rings. The van der Waals surface area contributed by atoms with Gasteiger partial charge in [-0.15, -0.1) is 0 Å². The van der Waals surface area contributed by atoms with Crippen molar-refractivity contribution in [2.75, 3.05) is 18.4 Å². The fraction of sp³-hybridized carbons (Fsp3) is 0.292. The van der Waals surface area contributed by atoms with Crippen LogP contribution >= 0.6 is 0 Å². The molecule has 1 aromatic heterocycles. The highest BCUT2D eigenvalue weighted by atomic mass is 16.2. The first-order valence-electron chi connectivity index (χ1n) is 10.1. The first kappa shape index (κ1) is 21.3. The van der Waals surface area contributed by atoms with Crippen LogP contribution in [0.15, 0.2) is 48.7 Å². The number of hydrogen-bond acceptors (Lipinski definition) is 3. The number of nitrogens with one attached hydrogen (secondary N) is 1. The Labute approximate surface area is 176 Å². The normalized spacial score (nSPS) is 10.8. The number of amides is 2. The van der Waals surface area contributed by atoms with E-state index >= 15 is 0 Å². The third-order valence-corrected chi connectivity index (χ3v) is 5.29. The molecule has 0 unspecified atom stereocenters. The van der Waals surface area contributed by atoms with Gasteiger partial charge in [0, 0.05) is 35.9 Å². The minimum Gasteiger partial charge on any atom is -0.342 e. The summed E-state index contributed by atoms with van der Waals surface area (Å²) < 4.78 is 1.74. The van der Waals surface area contributed by atoms with E-state index in [0.717, 1.165) is 16.6 Å². The van der Waals surface area contributed by atoms with Crippen molar-refractivity contribution >= 4 is 34.2 Å². The molecule has 0 saturated carbocycles. The summed E-state index contributed by atoms with van der Waals surface area (Å²) in [5.41, 5.74) is 3.63. The number of nitrogens with zero attached hydrogens (tertiary/aromatic N) is 2. The second-order valence-corrected chi connectivity index (χ2v) is 7.36. The van der Waals surface area contributed by atoms with Gasteiger partial charge in [-0.3, -0.25) is 14.4 Å². The van der Waals surface area contributed by atoms with Crippen LogP contribution in [0.4, 0.5) is 5.69 Å². The molecule has 0 atom stereocenters. The summed E-state index contributed by atoms with van der Waals surface area (Å²) in [5.74, 6) is -1.35. The van der Waals surface area contributed by atoms with Crippen LogP contribution in [0, 0.1) is 13.8 Å². The first-order chi connectivity index (χ1) is 14.3. The lowest BCUT2D eigenvalue weighted by Gasteiger charge is -2.19. The Kier molecular flexibility index (Phi) is 6.35. The van der Waals surface area contributed by atoms with Crippen LogP contribution in [-0.2, 0) is 16.1 Å². The maximum absolute atomic E-state index is 13.0. The second kappa shape index (κ2) is 8.95. The smallest absolute Gasteiger partial charge is 0.296 e. The molecule has 0 aliphatic carbocycles. The van der Waals surface area contributed by atoms with Crippen molar-refractivity contribution in [1.82, 2.24) is 9.47 Å². The summed E-state index contributed by atoms with van der Waals surface area (Å²) in [5, 5.41) is 3.37. The van der Waals surface area contributed by atoms with Crippen molar-refractivity contribution in [3.63, 3.8) is 0 Å². The Balaban J connectivity index is 1.90. The lowest BCUT2D eigenvalue weighted by Crippen LogP contribution is -2.33. The summed E-state index contributed by atoms with van der Waals surface area (Å²) in [6, 6.07) is 12.9. The van der Waals surface area contributed by atoms with Crippen LogP contribution in [0.1, 0.15) is 35.3 Å². The van der Waals surface area contributed by atoms with Crippen molar-refractivity contribution in [2.24, 2.45) is 0 Å². The molecule has 3 rings (SSSR count). The van der Waals surface area contributed by atoms with Gasteiger partial charge < -0.3 is 14.8 Å². The number of carbonyl (C=O) groups is 3. The minimum atomic E-state index is -0.695. The lowest BCUT2D eigenvalue weighted by molar-refractivity contribution is -0.131. The molecule has 0 radical (unpaired) electrons. The highest BCUT2D eigenvalue weighted by molar-refractivity contribution is 6.48. The molecule has 0 aliphatic heterocycles. The van der Waals surface area contributed by atoms with Crippen molar-refractivity contribution in [3.8, 4) is 0 Å². The van der Waals surface area contributed by atoms with E-state index < -0.39 is 11.7 Å². The molecule has 0 spiro atoms. The van der Waals surface area contributed by atoms with Crippen LogP contribution in [0.3, 0.4) is 0 Å². The number of aryl methyl sites for hydroxylation is 2. The van der Waals surface area contributed by atoms with Crippen LogP contribution in [0.5, 0.6) is 0 Å². The molecule has 2 aromatic carbocycles. The Morgan fingerprint density at radius 1 is 1.00 bits per heavy atom. The second-order valence-electron chi connectivity index (χ2n) is 7.36. The summed E-state index contributed by atoms with van der Waals surface area (Å²) in [6.07, 6.45) is 1.61. The SMILES string of the molecule is CCN(CC)C(=O)Cn1cc(C(=O)C(=O)Nc2ccc(C)cc2C)c2ccccc21. The van der Waals surface area contributed by atoms with Crippen molar-refractivity contribution in [1.29, 1.82) is 0 Å². The maximum atomic E-state index is 13.0. The van der Waals surface area contributed by atoms with Gasteiger partial charge in [0.05, 0.1) is 5.56 Å². The fourth-order valence-electron chi connectivity index (χ4n) is 3.64. The van der Waals surface area contributed by atoms with Gasteiger partial charge >= 0.3 is 0 Å². The lowest BCUT2D eigenvalue weighted by atomic mass is 10.1. The number of anilines is 1. The number of fused-ring (bicyclic) bond motifs is 1. The molecule has 3 aromatic rings.